The van der Waals surface area contributed by atoms with Gasteiger partial charge < -0.3 is 9.13 Å². The van der Waals surface area contributed by atoms with Gasteiger partial charge in [0.2, 0.25) is 0 Å². The van der Waals surface area contributed by atoms with E-state index in [1.807, 2.05) is 42.5 Å². The van der Waals surface area contributed by atoms with E-state index in [1.165, 1.54) is 43.8 Å². The molecule has 1 aliphatic rings. The number of rotatable bonds is 2. The van der Waals surface area contributed by atoms with Gasteiger partial charge in [0.15, 0.2) is 10.9 Å². The van der Waals surface area contributed by atoms with Crippen LogP contribution < -0.4 is 10.9 Å². The van der Waals surface area contributed by atoms with Crippen LogP contribution in [0.25, 0.3) is 106 Å². The summed E-state index contributed by atoms with van der Waals surface area (Å²) in [5.41, 5.74) is 12.6. The highest BCUT2D eigenvalue weighted by atomic mass is 79.9. The lowest BCUT2D eigenvalue weighted by Crippen LogP contribution is -2.03. The molecular weight excluding hydrogens is 1040 g/mol. The third-order valence-corrected chi connectivity index (χ3v) is 16.9. The maximum atomic E-state index is 14.0. The van der Waals surface area contributed by atoms with Gasteiger partial charge in [0.1, 0.15) is 0 Å². The minimum absolute atomic E-state index is 0.0742. The number of halogens is 2. The van der Waals surface area contributed by atoms with E-state index in [9.17, 15) is 9.59 Å². The summed E-state index contributed by atoms with van der Waals surface area (Å²) >= 11 is 10.1. The van der Waals surface area contributed by atoms with E-state index in [1.54, 1.807) is 22.7 Å². The van der Waals surface area contributed by atoms with Crippen molar-refractivity contribution in [3.63, 3.8) is 0 Å². The predicted molar refractivity (Wildman–Crippen MR) is 310 cm³/mol. The summed E-state index contributed by atoms with van der Waals surface area (Å²) in [7, 11) is 0. The van der Waals surface area contributed by atoms with Crippen LogP contribution in [0.4, 0.5) is 0 Å². The fourth-order valence-corrected chi connectivity index (χ4v) is 13.4. The maximum absolute atomic E-state index is 14.0. The number of para-hydroxylation sites is 4. The zero-order valence-corrected chi connectivity index (χ0v) is 42.6. The quantitative estimate of drug-likeness (QED) is 0.162. The first-order valence-corrected chi connectivity index (χ1v) is 26.5. The number of hydrogen-bond donors (Lipinski definition) is 0. The summed E-state index contributed by atoms with van der Waals surface area (Å²) in [6.07, 6.45) is 1.10. The fraction of sp³-hybridized carbons (Fsp3) is 0.0159. The van der Waals surface area contributed by atoms with Crippen LogP contribution in [0.2, 0.25) is 0 Å². The SMILES string of the molecule is O=c1c2ccc(-n3c4ccccc4c4ccccc43)cc2sc2ccc(-n3c4ccccc4c4ccccc43)cc12.O=c1c2ccc(Br)cc2sc2ccc(Br)cc12.c1ccc2c(c1)Cc1ccccc1-2. The lowest BCUT2D eigenvalue weighted by atomic mass is 10.1. The summed E-state index contributed by atoms with van der Waals surface area (Å²) in [5, 5.41) is 7.95. The van der Waals surface area contributed by atoms with Gasteiger partial charge in [0.25, 0.3) is 0 Å². The van der Waals surface area contributed by atoms with Crippen molar-refractivity contribution in [1.29, 1.82) is 0 Å². The molecule has 0 aliphatic heterocycles. The van der Waals surface area contributed by atoms with Gasteiger partial charge in [-0.25, -0.2) is 0 Å². The van der Waals surface area contributed by atoms with Crippen molar-refractivity contribution in [1.82, 2.24) is 9.13 Å². The molecule has 0 fully saturated rings. The normalized spacial score (nSPS) is 11.9. The first kappa shape index (κ1) is 43.6. The highest BCUT2D eigenvalue weighted by Crippen LogP contribution is 2.38. The molecule has 10 aromatic carbocycles. The predicted octanol–water partition coefficient (Wildman–Crippen LogP) is 17.8. The van der Waals surface area contributed by atoms with Crippen molar-refractivity contribution in [3.05, 3.63) is 259 Å². The topological polar surface area (TPSA) is 44.0 Å². The van der Waals surface area contributed by atoms with Gasteiger partial charge in [-0.05, 0) is 126 Å². The molecule has 1 aliphatic carbocycles. The Morgan fingerprint density at radius 3 is 1.24 bits per heavy atom. The summed E-state index contributed by atoms with van der Waals surface area (Å²) in [4.78, 5) is 26.3. The van der Waals surface area contributed by atoms with E-state index in [0.29, 0.717) is 0 Å². The Kier molecular flexibility index (Phi) is 10.9. The van der Waals surface area contributed by atoms with Crippen molar-refractivity contribution in [2.24, 2.45) is 0 Å². The Labute approximate surface area is 432 Å². The van der Waals surface area contributed by atoms with Crippen LogP contribution in [-0.2, 0) is 6.42 Å². The van der Waals surface area contributed by atoms with Crippen LogP contribution in [0.1, 0.15) is 11.1 Å². The van der Waals surface area contributed by atoms with Gasteiger partial charge in [-0.3, -0.25) is 9.59 Å². The third kappa shape index (κ3) is 7.52. The summed E-state index contributed by atoms with van der Waals surface area (Å²) in [6.45, 7) is 0. The number of nitrogens with zero attached hydrogens (tertiary/aromatic N) is 2. The minimum atomic E-state index is 0.0742. The smallest absolute Gasteiger partial charge is 0.195 e. The summed E-state index contributed by atoms with van der Waals surface area (Å²) in [5.74, 6) is 0. The second-order valence-electron chi connectivity index (χ2n) is 17.7. The Bertz CT molecular complexity index is 4450. The Hall–Kier alpha value is -7.46. The average molecular weight is 1080 g/mol. The molecular formula is C63H38Br2N2O2S2. The molecule has 0 bridgehead atoms. The van der Waals surface area contributed by atoms with E-state index >= 15 is 0 Å². The van der Waals surface area contributed by atoms with Crippen LogP contribution in [-0.4, -0.2) is 9.13 Å². The maximum Gasteiger partial charge on any atom is 0.195 e. The summed E-state index contributed by atoms with van der Waals surface area (Å²) < 4.78 is 10.5. The molecule has 4 aromatic heterocycles. The first-order valence-electron chi connectivity index (χ1n) is 23.3. The molecule has 14 aromatic rings. The monoisotopic (exact) mass is 1080 g/mol. The van der Waals surface area contributed by atoms with Gasteiger partial charge in [0, 0.05) is 82.2 Å². The minimum Gasteiger partial charge on any atom is -0.309 e. The van der Waals surface area contributed by atoms with E-state index in [4.69, 9.17) is 0 Å². The van der Waals surface area contributed by atoms with Gasteiger partial charge in [0.05, 0.1) is 22.1 Å². The molecule has 8 heteroatoms. The van der Waals surface area contributed by atoms with Crippen LogP contribution in [0.3, 0.4) is 0 Å². The molecule has 338 valence electrons. The van der Waals surface area contributed by atoms with Crippen molar-refractivity contribution in [2.45, 2.75) is 6.42 Å². The van der Waals surface area contributed by atoms with E-state index < -0.39 is 0 Å². The van der Waals surface area contributed by atoms with Crippen LogP contribution >= 0.6 is 54.5 Å². The highest BCUT2D eigenvalue weighted by molar-refractivity contribution is 9.10. The van der Waals surface area contributed by atoms with Crippen LogP contribution in [0.5, 0.6) is 0 Å². The standard InChI is InChI=1S/C37H22N2OS.C13H6Br2OS.C13H10/c40-37-29-19-17-24(39-33-15-7-3-11-27(33)28-12-4-8-16-34(28)39)22-36(29)41-35-20-18-23(21-30(35)37)38-31-13-5-1-9-25(31)26-10-2-6-14-32(26)38;14-7-2-4-11-10(5-7)13(16)9-3-1-8(15)6-12(9)17-11;1-3-7-12-10(5-1)9-11-6-2-4-8-13(11)12/h1-22H;1-6H;1-8H,9H2. The summed E-state index contributed by atoms with van der Waals surface area (Å²) in [6, 6.07) is 75.4. The second kappa shape index (κ2) is 17.7. The highest BCUT2D eigenvalue weighted by Gasteiger charge is 2.18. The van der Waals surface area contributed by atoms with Crippen LogP contribution in [0.15, 0.2) is 237 Å². The van der Waals surface area contributed by atoms with Gasteiger partial charge in [-0.1, -0.05) is 153 Å². The molecule has 0 N–H and O–H groups in total. The molecule has 71 heavy (non-hydrogen) atoms. The molecule has 15 rings (SSSR count). The van der Waals surface area contributed by atoms with E-state index in [2.05, 4.69) is 217 Å². The molecule has 0 spiro atoms. The zero-order valence-electron chi connectivity index (χ0n) is 37.8. The van der Waals surface area contributed by atoms with Gasteiger partial charge >= 0.3 is 0 Å². The molecule has 4 heterocycles. The van der Waals surface area contributed by atoms with Crippen LogP contribution in [0, 0.1) is 0 Å². The largest absolute Gasteiger partial charge is 0.309 e. The van der Waals surface area contributed by atoms with Crippen molar-refractivity contribution in [3.8, 4) is 22.5 Å². The van der Waals surface area contributed by atoms with E-state index in [0.717, 1.165) is 89.2 Å². The van der Waals surface area contributed by atoms with Gasteiger partial charge in [-0.15, -0.1) is 22.7 Å². The third-order valence-electron chi connectivity index (χ3n) is 13.6. The second-order valence-corrected chi connectivity index (χ2v) is 21.7. The van der Waals surface area contributed by atoms with Gasteiger partial charge in [-0.2, -0.15) is 0 Å². The number of fused-ring (bicyclic) bond motifs is 13. The number of hydrogen-bond acceptors (Lipinski definition) is 4. The average Bonchev–Trinajstić information content (AvgIpc) is 4.07. The Morgan fingerprint density at radius 1 is 0.324 bits per heavy atom. The molecule has 0 saturated heterocycles. The molecule has 4 nitrogen and oxygen atoms in total. The number of benzene rings is 10. The van der Waals surface area contributed by atoms with Crippen molar-refractivity contribution in [2.75, 3.05) is 0 Å². The molecule has 0 amide bonds. The Morgan fingerprint density at radius 2 is 0.704 bits per heavy atom. The molecule has 0 atom stereocenters. The number of aromatic nitrogens is 2. The lowest BCUT2D eigenvalue weighted by Gasteiger charge is -2.11. The lowest BCUT2D eigenvalue weighted by molar-refractivity contribution is 1.18. The van der Waals surface area contributed by atoms with E-state index in [-0.39, 0.29) is 10.9 Å². The van der Waals surface area contributed by atoms with Crippen molar-refractivity contribution < 1.29 is 0 Å². The molecule has 0 radical (unpaired) electrons. The first-order chi connectivity index (χ1) is 34.9. The zero-order chi connectivity index (χ0) is 47.7. The molecule has 0 unspecified atom stereocenters. The molecule has 0 saturated carbocycles. The van der Waals surface area contributed by atoms with Crippen molar-refractivity contribution >= 4 is 138 Å². The Balaban J connectivity index is 0.000000133. The fourth-order valence-electron chi connectivity index (χ4n) is 10.4.